The summed E-state index contributed by atoms with van der Waals surface area (Å²) in [6.07, 6.45) is 5.55. The van der Waals surface area contributed by atoms with Crippen molar-refractivity contribution in [3.63, 3.8) is 0 Å². The standard InChI is InChI=1S/C13H21N3/c1-3-12(14)13-8-7-11(9-15-13)16(4-2)10-5-6-10/h7-10,12H,3-6,14H2,1-2H3/t12-/m1/s1. The third kappa shape index (κ3) is 2.35. The van der Waals surface area contributed by atoms with Crippen LogP contribution in [-0.4, -0.2) is 17.6 Å². The number of rotatable bonds is 5. The Morgan fingerprint density at radius 3 is 2.62 bits per heavy atom. The van der Waals surface area contributed by atoms with Gasteiger partial charge in [0.15, 0.2) is 0 Å². The van der Waals surface area contributed by atoms with E-state index in [9.17, 15) is 0 Å². The molecule has 2 rings (SSSR count). The van der Waals surface area contributed by atoms with E-state index in [1.165, 1.54) is 18.5 Å². The third-order valence-electron chi connectivity index (χ3n) is 3.25. The van der Waals surface area contributed by atoms with Gasteiger partial charge < -0.3 is 10.6 Å². The molecule has 16 heavy (non-hydrogen) atoms. The van der Waals surface area contributed by atoms with Crippen molar-refractivity contribution in [3.8, 4) is 0 Å². The maximum Gasteiger partial charge on any atom is 0.0572 e. The Kier molecular flexibility index (Phi) is 3.44. The first-order chi connectivity index (χ1) is 7.76. The average molecular weight is 219 g/mol. The molecule has 1 saturated carbocycles. The highest BCUT2D eigenvalue weighted by Gasteiger charge is 2.28. The normalized spacial score (nSPS) is 17.2. The summed E-state index contributed by atoms with van der Waals surface area (Å²) in [6, 6.07) is 5.04. The van der Waals surface area contributed by atoms with Crippen LogP contribution < -0.4 is 10.6 Å². The molecule has 88 valence electrons. The van der Waals surface area contributed by atoms with Crippen LogP contribution in [0.15, 0.2) is 18.3 Å². The molecule has 3 nitrogen and oxygen atoms in total. The molecule has 0 amide bonds. The van der Waals surface area contributed by atoms with Gasteiger partial charge in [0.25, 0.3) is 0 Å². The van der Waals surface area contributed by atoms with Crippen molar-refractivity contribution in [1.82, 2.24) is 4.98 Å². The molecule has 1 heterocycles. The van der Waals surface area contributed by atoms with Gasteiger partial charge in [-0.1, -0.05) is 6.92 Å². The Morgan fingerprint density at radius 2 is 2.19 bits per heavy atom. The van der Waals surface area contributed by atoms with Crippen LogP contribution in [0.2, 0.25) is 0 Å². The number of aromatic nitrogens is 1. The van der Waals surface area contributed by atoms with Gasteiger partial charge >= 0.3 is 0 Å². The first-order valence-corrected chi connectivity index (χ1v) is 6.24. The summed E-state index contributed by atoms with van der Waals surface area (Å²) in [5.74, 6) is 0. The van der Waals surface area contributed by atoms with Gasteiger partial charge in [-0.05, 0) is 38.3 Å². The fraction of sp³-hybridized carbons (Fsp3) is 0.615. The maximum absolute atomic E-state index is 5.95. The van der Waals surface area contributed by atoms with Gasteiger partial charge in [-0.15, -0.1) is 0 Å². The van der Waals surface area contributed by atoms with Gasteiger partial charge in [0, 0.05) is 18.6 Å². The second-order valence-corrected chi connectivity index (χ2v) is 4.47. The SMILES string of the molecule is CC[C@@H](N)c1ccc(N(CC)C2CC2)cn1. The zero-order chi connectivity index (χ0) is 11.5. The molecular formula is C13H21N3. The third-order valence-corrected chi connectivity index (χ3v) is 3.25. The summed E-state index contributed by atoms with van der Waals surface area (Å²) < 4.78 is 0. The highest BCUT2D eigenvalue weighted by molar-refractivity contribution is 5.47. The molecule has 1 aliphatic carbocycles. The largest absolute Gasteiger partial charge is 0.368 e. The zero-order valence-electron chi connectivity index (χ0n) is 10.2. The van der Waals surface area contributed by atoms with Crippen LogP contribution in [0.5, 0.6) is 0 Å². The summed E-state index contributed by atoms with van der Waals surface area (Å²) >= 11 is 0. The second kappa shape index (κ2) is 4.83. The molecule has 0 saturated heterocycles. The summed E-state index contributed by atoms with van der Waals surface area (Å²) in [6.45, 7) is 5.35. The minimum absolute atomic E-state index is 0.0741. The molecule has 1 atom stereocenters. The molecule has 2 N–H and O–H groups in total. The molecule has 0 aliphatic heterocycles. The van der Waals surface area contributed by atoms with Crippen molar-refractivity contribution >= 4 is 5.69 Å². The first-order valence-electron chi connectivity index (χ1n) is 6.24. The Morgan fingerprint density at radius 1 is 1.44 bits per heavy atom. The highest BCUT2D eigenvalue weighted by atomic mass is 15.2. The summed E-state index contributed by atoms with van der Waals surface area (Å²) in [4.78, 5) is 6.89. The van der Waals surface area contributed by atoms with Gasteiger partial charge in [-0.3, -0.25) is 4.98 Å². The molecule has 0 bridgehead atoms. The Hall–Kier alpha value is -1.09. The van der Waals surface area contributed by atoms with Crippen LogP contribution in [0.4, 0.5) is 5.69 Å². The number of hydrogen-bond acceptors (Lipinski definition) is 3. The fourth-order valence-corrected chi connectivity index (χ4v) is 2.03. The summed E-state index contributed by atoms with van der Waals surface area (Å²) in [5, 5.41) is 0. The van der Waals surface area contributed by atoms with Crippen LogP contribution in [0.1, 0.15) is 44.8 Å². The molecule has 0 radical (unpaired) electrons. The Labute approximate surface area is 97.7 Å². The molecular weight excluding hydrogens is 198 g/mol. The lowest BCUT2D eigenvalue weighted by Gasteiger charge is -2.22. The van der Waals surface area contributed by atoms with E-state index >= 15 is 0 Å². The topological polar surface area (TPSA) is 42.1 Å². The fourth-order valence-electron chi connectivity index (χ4n) is 2.03. The van der Waals surface area contributed by atoms with Crippen molar-refractivity contribution in [1.29, 1.82) is 0 Å². The van der Waals surface area contributed by atoms with Crippen molar-refractivity contribution in [2.75, 3.05) is 11.4 Å². The monoisotopic (exact) mass is 219 g/mol. The van der Waals surface area contributed by atoms with Crippen LogP contribution in [0, 0.1) is 0 Å². The van der Waals surface area contributed by atoms with Crippen molar-refractivity contribution in [2.45, 2.75) is 45.2 Å². The van der Waals surface area contributed by atoms with E-state index in [-0.39, 0.29) is 6.04 Å². The van der Waals surface area contributed by atoms with Crippen LogP contribution in [-0.2, 0) is 0 Å². The number of anilines is 1. The van der Waals surface area contributed by atoms with Crippen LogP contribution in [0.25, 0.3) is 0 Å². The molecule has 0 aromatic carbocycles. The van der Waals surface area contributed by atoms with E-state index < -0.39 is 0 Å². The average Bonchev–Trinajstić information content (AvgIpc) is 3.14. The van der Waals surface area contributed by atoms with Gasteiger partial charge in [-0.25, -0.2) is 0 Å². The molecule has 0 spiro atoms. The molecule has 1 aromatic heterocycles. The van der Waals surface area contributed by atoms with Crippen molar-refractivity contribution < 1.29 is 0 Å². The molecule has 0 unspecified atom stereocenters. The van der Waals surface area contributed by atoms with Crippen LogP contribution >= 0.6 is 0 Å². The maximum atomic E-state index is 5.95. The minimum Gasteiger partial charge on any atom is -0.368 e. The zero-order valence-corrected chi connectivity index (χ0v) is 10.2. The predicted octanol–water partition coefficient (Wildman–Crippen LogP) is 2.48. The van der Waals surface area contributed by atoms with Gasteiger partial charge in [0.2, 0.25) is 0 Å². The number of hydrogen-bond donors (Lipinski definition) is 1. The van der Waals surface area contributed by atoms with Crippen molar-refractivity contribution in [3.05, 3.63) is 24.0 Å². The lowest BCUT2D eigenvalue weighted by molar-refractivity contribution is 0.674. The van der Waals surface area contributed by atoms with Crippen molar-refractivity contribution in [2.24, 2.45) is 5.73 Å². The summed E-state index contributed by atoms with van der Waals surface area (Å²) in [5.41, 5.74) is 8.18. The quantitative estimate of drug-likeness (QED) is 0.827. The van der Waals surface area contributed by atoms with E-state index in [4.69, 9.17) is 5.73 Å². The lowest BCUT2D eigenvalue weighted by Crippen LogP contribution is -2.25. The molecule has 1 aromatic rings. The van der Waals surface area contributed by atoms with E-state index in [0.29, 0.717) is 0 Å². The predicted molar refractivity (Wildman–Crippen MR) is 67.5 cm³/mol. The number of nitrogens with two attached hydrogens (primary N) is 1. The second-order valence-electron chi connectivity index (χ2n) is 4.47. The summed E-state index contributed by atoms with van der Waals surface area (Å²) in [7, 11) is 0. The number of pyridine rings is 1. The van der Waals surface area contributed by atoms with Gasteiger partial charge in [0.05, 0.1) is 17.6 Å². The van der Waals surface area contributed by atoms with E-state index in [1.807, 2.05) is 6.20 Å². The molecule has 3 heteroatoms. The smallest absolute Gasteiger partial charge is 0.0572 e. The molecule has 1 fully saturated rings. The minimum atomic E-state index is 0.0741. The van der Waals surface area contributed by atoms with E-state index in [2.05, 4.69) is 35.9 Å². The Bertz CT molecular complexity index is 330. The van der Waals surface area contributed by atoms with Gasteiger partial charge in [-0.2, -0.15) is 0 Å². The Balaban J connectivity index is 2.11. The highest BCUT2D eigenvalue weighted by Crippen LogP contribution is 2.31. The van der Waals surface area contributed by atoms with Crippen LogP contribution in [0.3, 0.4) is 0 Å². The van der Waals surface area contributed by atoms with E-state index in [1.54, 1.807) is 0 Å². The lowest BCUT2D eigenvalue weighted by atomic mass is 10.1. The number of nitrogens with zero attached hydrogens (tertiary/aromatic N) is 2. The van der Waals surface area contributed by atoms with Gasteiger partial charge in [0.1, 0.15) is 0 Å². The molecule has 1 aliphatic rings. The van der Waals surface area contributed by atoms with E-state index in [0.717, 1.165) is 24.7 Å². The first kappa shape index (κ1) is 11.4.